The van der Waals surface area contributed by atoms with E-state index in [4.69, 9.17) is 9.47 Å². The highest BCUT2D eigenvalue weighted by Crippen LogP contribution is 2.20. The highest BCUT2D eigenvalue weighted by Gasteiger charge is 2.25. The third-order valence-electron chi connectivity index (χ3n) is 4.03. The Kier molecular flexibility index (Phi) is 6.41. The van der Waals surface area contributed by atoms with Crippen LogP contribution >= 0.6 is 0 Å². The third kappa shape index (κ3) is 5.46. The number of sulfonamides is 1. The zero-order valence-electron chi connectivity index (χ0n) is 14.0. The van der Waals surface area contributed by atoms with E-state index in [-0.39, 0.29) is 6.10 Å². The van der Waals surface area contributed by atoms with E-state index in [1.807, 2.05) is 19.1 Å². The van der Waals surface area contributed by atoms with Crippen molar-refractivity contribution in [2.45, 2.75) is 20.0 Å². The highest BCUT2D eigenvalue weighted by molar-refractivity contribution is 7.88. The van der Waals surface area contributed by atoms with E-state index in [1.165, 1.54) is 16.1 Å². The Balaban J connectivity index is 1.68. The minimum Gasteiger partial charge on any atom is -0.492 e. The molecule has 1 N–H and O–H groups in total. The number of morpholine rings is 1. The minimum atomic E-state index is -3.14. The lowest BCUT2D eigenvalue weighted by molar-refractivity contribution is -0.000163. The van der Waals surface area contributed by atoms with Gasteiger partial charge in [0, 0.05) is 26.2 Å². The van der Waals surface area contributed by atoms with Gasteiger partial charge in [0.2, 0.25) is 10.0 Å². The Labute approximate surface area is 138 Å². The Bertz CT molecular complexity index is 619. The normalized spacial score (nSPS) is 19.7. The maximum atomic E-state index is 11.6. The molecule has 1 saturated heterocycles. The molecular formula is C16H26N2O4S. The van der Waals surface area contributed by atoms with Gasteiger partial charge >= 0.3 is 0 Å². The largest absolute Gasteiger partial charge is 0.492 e. The van der Waals surface area contributed by atoms with Crippen LogP contribution in [0.5, 0.6) is 5.75 Å². The van der Waals surface area contributed by atoms with Gasteiger partial charge in [0.05, 0.1) is 19.0 Å². The summed E-state index contributed by atoms with van der Waals surface area (Å²) in [7, 11) is -3.14. The van der Waals surface area contributed by atoms with Crippen LogP contribution in [-0.2, 0) is 14.8 Å². The summed E-state index contributed by atoms with van der Waals surface area (Å²) in [4.78, 5) is 0. The molecule has 1 aliphatic heterocycles. The monoisotopic (exact) mass is 342 g/mol. The van der Waals surface area contributed by atoms with Gasteiger partial charge in [-0.15, -0.1) is 0 Å². The molecule has 1 aromatic carbocycles. The van der Waals surface area contributed by atoms with Crippen molar-refractivity contribution < 1.29 is 17.9 Å². The summed E-state index contributed by atoms with van der Waals surface area (Å²) in [6.45, 7) is 7.26. The van der Waals surface area contributed by atoms with Crippen LogP contribution in [0, 0.1) is 13.8 Å². The Hall–Kier alpha value is -1.15. The molecule has 1 atom stereocenters. The maximum Gasteiger partial charge on any atom is 0.211 e. The highest BCUT2D eigenvalue weighted by atomic mass is 32.2. The molecule has 0 aromatic heterocycles. The van der Waals surface area contributed by atoms with Crippen LogP contribution in [0.4, 0.5) is 0 Å². The lowest BCUT2D eigenvalue weighted by Crippen LogP contribution is -2.48. The van der Waals surface area contributed by atoms with Crippen molar-refractivity contribution in [1.82, 2.24) is 9.62 Å². The van der Waals surface area contributed by atoms with Crippen LogP contribution < -0.4 is 10.1 Å². The molecule has 0 spiro atoms. The summed E-state index contributed by atoms with van der Waals surface area (Å²) in [6.07, 6.45) is 1.13. The van der Waals surface area contributed by atoms with E-state index in [0.717, 1.165) is 11.3 Å². The molecule has 0 radical (unpaired) electrons. The molecule has 0 saturated carbocycles. The van der Waals surface area contributed by atoms with Crippen molar-refractivity contribution in [3.63, 3.8) is 0 Å². The fraction of sp³-hybridized carbons (Fsp3) is 0.625. The second-order valence-corrected chi connectivity index (χ2v) is 7.85. The van der Waals surface area contributed by atoms with Gasteiger partial charge in [-0.05, 0) is 31.0 Å². The number of rotatable bonds is 7. The fourth-order valence-electron chi connectivity index (χ4n) is 2.49. The van der Waals surface area contributed by atoms with Gasteiger partial charge in [-0.1, -0.05) is 12.1 Å². The van der Waals surface area contributed by atoms with Gasteiger partial charge in [-0.2, -0.15) is 4.31 Å². The summed E-state index contributed by atoms with van der Waals surface area (Å²) in [6, 6.07) is 6.02. The first-order valence-corrected chi connectivity index (χ1v) is 9.69. The molecule has 0 amide bonds. The number of ether oxygens (including phenoxy) is 2. The van der Waals surface area contributed by atoms with E-state index in [0.29, 0.717) is 39.4 Å². The fourth-order valence-corrected chi connectivity index (χ4v) is 3.34. The van der Waals surface area contributed by atoms with Crippen molar-refractivity contribution in [3.05, 3.63) is 29.3 Å². The Morgan fingerprint density at radius 3 is 2.91 bits per heavy atom. The van der Waals surface area contributed by atoms with Crippen LogP contribution in [0.2, 0.25) is 0 Å². The van der Waals surface area contributed by atoms with Gasteiger partial charge in [0.15, 0.2) is 0 Å². The van der Waals surface area contributed by atoms with E-state index < -0.39 is 10.0 Å². The topological polar surface area (TPSA) is 67.9 Å². The standard InChI is InChI=1S/C16H26N2O4S/c1-13-5-4-6-16(14(13)2)22-9-7-17-11-15-12-18(8-10-21-15)23(3,19)20/h4-6,15,17H,7-12H2,1-3H3/t15-/m1/s1. The predicted octanol–water partition coefficient (Wildman–Crippen LogP) is 0.932. The first-order chi connectivity index (χ1) is 10.9. The summed E-state index contributed by atoms with van der Waals surface area (Å²) >= 11 is 0. The molecule has 1 aliphatic rings. The van der Waals surface area contributed by atoms with Crippen molar-refractivity contribution >= 4 is 10.0 Å². The van der Waals surface area contributed by atoms with Gasteiger partial charge in [-0.3, -0.25) is 0 Å². The molecule has 130 valence electrons. The van der Waals surface area contributed by atoms with E-state index in [2.05, 4.69) is 18.3 Å². The van der Waals surface area contributed by atoms with Crippen LogP contribution in [-0.4, -0.2) is 64.5 Å². The van der Waals surface area contributed by atoms with E-state index in [9.17, 15) is 8.42 Å². The molecule has 0 unspecified atom stereocenters. The van der Waals surface area contributed by atoms with Gasteiger partial charge < -0.3 is 14.8 Å². The van der Waals surface area contributed by atoms with Gasteiger partial charge in [0.25, 0.3) is 0 Å². The van der Waals surface area contributed by atoms with Crippen molar-refractivity contribution in [2.75, 3.05) is 45.6 Å². The van der Waals surface area contributed by atoms with E-state index >= 15 is 0 Å². The SMILES string of the molecule is Cc1cccc(OCCNC[C@@H]2CN(S(C)(=O)=O)CCO2)c1C. The molecule has 6 nitrogen and oxygen atoms in total. The number of aryl methyl sites for hydroxylation is 1. The molecule has 1 aromatic rings. The molecular weight excluding hydrogens is 316 g/mol. The molecule has 1 fully saturated rings. The number of benzene rings is 1. The van der Waals surface area contributed by atoms with Crippen molar-refractivity contribution in [2.24, 2.45) is 0 Å². The number of hydrogen-bond acceptors (Lipinski definition) is 5. The Morgan fingerprint density at radius 1 is 1.39 bits per heavy atom. The van der Waals surface area contributed by atoms with Gasteiger partial charge in [0.1, 0.15) is 12.4 Å². The summed E-state index contributed by atoms with van der Waals surface area (Å²) in [5.41, 5.74) is 2.37. The first-order valence-electron chi connectivity index (χ1n) is 7.84. The van der Waals surface area contributed by atoms with Crippen molar-refractivity contribution in [3.8, 4) is 5.75 Å². The average molecular weight is 342 g/mol. The molecule has 2 rings (SSSR count). The maximum absolute atomic E-state index is 11.6. The Morgan fingerprint density at radius 2 is 2.17 bits per heavy atom. The smallest absolute Gasteiger partial charge is 0.211 e. The third-order valence-corrected chi connectivity index (χ3v) is 5.30. The molecule has 7 heteroatoms. The summed E-state index contributed by atoms with van der Waals surface area (Å²) in [5, 5.41) is 3.26. The quantitative estimate of drug-likeness (QED) is 0.747. The van der Waals surface area contributed by atoms with Crippen molar-refractivity contribution in [1.29, 1.82) is 0 Å². The number of hydrogen-bond donors (Lipinski definition) is 1. The zero-order valence-corrected chi connectivity index (χ0v) is 14.9. The lowest BCUT2D eigenvalue weighted by atomic mass is 10.1. The van der Waals surface area contributed by atoms with Crippen LogP contribution in [0.1, 0.15) is 11.1 Å². The lowest BCUT2D eigenvalue weighted by Gasteiger charge is -2.31. The number of nitrogens with zero attached hydrogens (tertiary/aromatic N) is 1. The molecule has 0 bridgehead atoms. The zero-order chi connectivity index (χ0) is 16.9. The van der Waals surface area contributed by atoms with Crippen LogP contribution in [0.15, 0.2) is 18.2 Å². The predicted molar refractivity (Wildman–Crippen MR) is 90.4 cm³/mol. The second kappa shape index (κ2) is 8.10. The molecule has 23 heavy (non-hydrogen) atoms. The minimum absolute atomic E-state index is 0.112. The van der Waals surface area contributed by atoms with Gasteiger partial charge in [-0.25, -0.2) is 8.42 Å². The van der Waals surface area contributed by atoms with Crippen LogP contribution in [0.25, 0.3) is 0 Å². The first kappa shape index (κ1) is 18.2. The molecule has 0 aliphatic carbocycles. The van der Waals surface area contributed by atoms with Crippen LogP contribution in [0.3, 0.4) is 0 Å². The summed E-state index contributed by atoms with van der Waals surface area (Å²) in [5.74, 6) is 0.906. The second-order valence-electron chi connectivity index (χ2n) is 5.86. The molecule has 1 heterocycles. The number of nitrogens with one attached hydrogen (secondary N) is 1. The average Bonchev–Trinajstić information content (AvgIpc) is 2.50. The van der Waals surface area contributed by atoms with E-state index in [1.54, 1.807) is 0 Å². The summed E-state index contributed by atoms with van der Waals surface area (Å²) < 4.78 is 35.9.